The zero-order chi connectivity index (χ0) is 11.4. The highest BCUT2D eigenvalue weighted by molar-refractivity contribution is 5.93. The molecule has 0 aliphatic rings. The molecule has 0 spiro atoms. The normalized spacial score (nSPS) is 10.4. The lowest BCUT2D eigenvalue weighted by Gasteiger charge is -2.09. The molecule has 1 rings (SSSR count). The Bertz CT molecular complexity index is 366. The summed E-state index contributed by atoms with van der Waals surface area (Å²) in [5, 5.41) is 0. The van der Waals surface area contributed by atoms with Crippen LogP contribution < -0.4 is 10.5 Å². The van der Waals surface area contributed by atoms with Crippen LogP contribution in [-0.4, -0.2) is 18.9 Å². The summed E-state index contributed by atoms with van der Waals surface area (Å²) in [6.07, 6.45) is -2.54. The second-order valence-corrected chi connectivity index (χ2v) is 3.05. The topological polar surface area (TPSA) is 52.3 Å². The van der Waals surface area contributed by atoms with Gasteiger partial charge in [0.2, 0.25) is 5.91 Å². The lowest BCUT2D eigenvalue weighted by Crippen LogP contribution is -2.12. The number of amides is 1. The van der Waals surface area contributed by atoms with Crippen LogP contribution in [-0.2, 0) is 0 Å². The standard InChI is InChI=1S/C10H11F2NO2/c1-6-2-3-7(10(13)14)4-8(6)15-5-9(11)12/h2-4,9H,5H2,1H3,(H2,13,14). The summed E-state index contributed by atoms with van der Waals surface area (Å²) in [6, 6.07) is 4.48. The van der Waals surface area contributed by atoms with Crippen LogP contribution in [0.4, 0.5) is 8.78 Å². The fourth-order valence-corrected chi connectivity index (χ4v) is 1.06. The molecule has 0 aromatic heterocycles. The molecule has 0 atom stereocenters. The van der Waals surface area contributed by atoms with Gasteiger partial charge >= 0.3 is 0 Å². The first-order valence-electron chi connectivity index (χ1n) is 4.32. The van der Waals surface area contributed by atoms with Crippen LogP contribution in [0.1, 0.15) is 15.9 Å². The molecule has 82 valence electrons. The predicted molar refractivity (Wildman–Crippen MR) is 51.2 cm³/mol. The third kappa shape index (κ3) is 3.19. The van der Waals surface area contributed by atoms with E-state index in [1.54, 1.807) is 13.0 Å². The molecule has 0 radical (unpaired) electrons. The molecule has 3 nitrogen and oxygen atoms in total. The van der Waals surface area contributed by atoms with E-state index in [9.17, 15) is 13.6 Å². The third-order valence-electron chi connectivity index (χ3n) is 1.84. The molecular weight excluding hydrogens is 204 g/mol. The molecule has 0 aliphatic heterocycles. The van der Waals surface area contributed by atoms with Crippen molar-refractivity contribution in [2.24, 2.45) is 5.73 Å². The molecule has 2 N–H and O–H groups in total. The summed E-state index contributed by atoms with van der Waals surface area (Å²) in [7, 11) is 0. The molecule has 1 aromatic rings. The second-order valence-electron chi connectivity index (χ2n) is 3.05. The monoisotopic (exact) mass is 215 g/mol. The number of ether oxygens (including phenoxy) is 1. The molecular formula is C10H11F2NO2. The highest BCUT2D eigenvalue weighted by Crippen LogP contribution is 2.19. The molecule has 5 heteroatoms. The van der Waals surface area contributed by atoms with Crippen molar-refractivity contribution in [3.05, 3.63) is 29.3 Å². The summed E-state index contributed by atoms with van der Waals surface area (Å²) < 4.78 is 28.6. The minimum Gasteiger partial charge on any atom is -0.487 e. The molecule has 0 fully saturated rings. The number of carbonyl (C=O) groups excluding carboxylic acids is 1. The molecule has 0 bridgehead atoms. The van der Waals surface area contributed by atoms with E-state index in [-0.39, 0.29) is 11.3 Å². The van der Waals surface area contributed by atoms with Gasteiger partial charge in [-0.15, -0.1) is 0 Å². The maximum Gasteiger partial charge on any atom is 0.272 e. The number of alkyl halides is 2. The van der Waals surface area contributed by atoms with Crippen molar-refractivity contribution in [3.8, 4) is 5.75 Å². The first-order valence-corrected chi connectivity index (χ1v) is 4.32. The first kappa shape index (κ1) is 11.4. The Kier molecular flexibility index (Phi) is 3.60. The number of primary amides is 1. The van der Waals surface area contributed by atoms with E-state index >= 15 is 0 Å². The molecule has 0 unspecified atom stereocenters. The Morgan fingerprint density at radius 1 is 1.53 bits per heavy atom. The highest BCUT2D eigenvalue weighted by atomic mass is 19.3. The van der Waals surface area contributed by atoms with Crippen LogP contribution in [0.5, 0.6) is 5.75 Å². The average Bonchev–Trinajstić information content (AvgIpc) is 2.16. The SMILES string of the molecule is Cc1ccc(C(N)=O)cc1OCC(F)F. The van der Waals surface area contributed by atoms with Gasteiger partial charge in [0, 0.05) is 5.56 Å². The summed E-state index contributed by atoms with van der Waals surface area (Å²) >= 11 is 0. The van der Waals surface area contributed by atoms with Gasteiger partial charge < -0.3 is 10.5 Å². The van der Waals surface area contributed by atoms with Crippen molar-refractivity contribution >= 4 is 5.91 Å². The zero-order valence-corrected chi connectivity index (χ0v) is 8.17. The minimum atomic E-state index is -2.54. The van der Waals surface area contributed by atoms with Crippen molar-refractivity contribution in [2.75, 3.05) is 6.61 Å². The van der Waals surface area contributed by atoms with Gasteiger partial charge in [0.1, 0.15) is 12.4 Å². The van der Waals surface area contributed by atoms with E-state index in [0.29, 0.717) is 5.56 Å². The quantitative estimate of drug-likeness (QED) is 0.831. The number of nitrogens with two attached hydrogens (primary N) is 1. The van der Waals surface area contributed by atoms with Crippen LogP contribution in [0.25, 0.3) is 0 Å². The van der Waals surface area contributed by atoms with Crippen molar-refractivity contribution in [1.29, 1.82) is 0 Å². The van der Waals surface area contributed by atoms with Crippen molar-refractivity contribution < 1.29 is 18.3 Å². The number of hydrogen-bond acceptors (Lipinski definition) is 2. The summed E-state index contributed by atoms with van der Waals surface area (Å²) in [6.45, 7) is 1.01. The van der Waals surface area contributed by atoms with Crippen molar-refractivity contribution in [3.63, 3.8) is 0 Å². The third-order valence-corrected chi connectivity index (χ3v) is 1.84. The molecule has 0 saturated heterocycles. The molecule has 0 saturated carbocycles. The number of aryl methyl sites for hydroxylation is 1. The fourth-order valence-electron chi connectivity index (χ4n) is 1.06. The van der Waals surface area contributed by atoms with E-state index in [1.807, 2.05) is 0 Å². The second kappa shape index (κ2) is 4.72. The zero-order valence-electron chi connectivity index (χ0n) is 8.17. The lowest BCUT2D eigenvalue weighted by atomic mass is 10.1. The van der Waals surface area contributed by atoms with E-state index in [2.05, 4.69) is 0 Å². The highest BCUT2D eigenvalue weighted by Gasteiger charge is 2.08. The number of benzene rings is 1. The lowest BCUT2D eigenvalue weighted by molar-refractivity contribution is 0.0815. The van der Waals surface area contributed by atoms with Gasteiger partial charge in [0.15, 0.2) is 0 Å². The molecule has 0 aliphatic carbocycles. The Labute approximate surface area is 85.8 Å². The van der Waals surface area contributed by atoms with Gasteiger partial charge in [-0.3, -0.25) is 4.79 Å². The Morgan fingerprint density at radius 2 is 2.20 bits per heavy atom. The Balaban J connectivity index is 2.85. The van der Waals surface area contributed by atoms with Gasteiger partial charge in [-0.25, -0.2) is 8.78 Å². The minimum absolute atomic E-state index is 0.241. The summed E-state index contributed by atoms with van der Waals surface area (Å²) in [5.74, 6) is -0.358. The Hall–Kier alpha value is -1.65. The maximum atomic E-state index is 11.9. The van der Waals surface area contributed by atoms with Gasteiger partial charge in [-0.2, -0.15) is 0 Å². The summed E-state index contributed by atoms with van der Waals surface area (Å²) in [4.78, 5) is 10.8. The summed E-state index contributed by atoms with van der Waals surface area (Å²) in [5.41, 5.74) is 5.97. The van der Waals surface area contributed by atoms with Crippen LogP contribution in [0.2, 0.25) is 0 Å². The van der Waals surface area contributed by atoms with Crippen LogP contribution in [0.3, 0.4) is 0 Å². The molecule has 0 heterocycles. The number of halogens is 2. The van der Waals surface area contributed by atoms with E-state index in [0.717, 1.165) is 0 Å². The van der Waals surface area contributed by atoms with Gasteiger partial charge in [0.25, 0.3) is 6.43 Å². The molecule has 1 amide bonds. The van der Waals surface area contributed by atoms with Crippen LogP contribution in [0, 0.1) is 6.92 Å². The molecule has 15 heavy (non-hydrogen) atoms. The van der Waals surface area contributed by atoms with E-state index < -0.39 is 18.9 Å². The largest absolute Gasteiger partial charge is 0.487 e. The average molecular weight is 215 g/mol. The molecule has 1 aromatic carbocycles. The van der Waals surface area contributed by atoms with Gasteiger partial charge in [-0.05, 0) is 24.6 Å². The number of hydrogen-bond donors (Lipinski definition) is 1. The first-order chi connectivity index (χ1) is 7.00. The Morgan fingerprint density at radius 3 is 2.73 bits per heavy atom. The van der Waals surface area contributed by atoms with E-state index in [4.69, 9.17) is 10.5 Å². The fraction of sp³-hybridized carbons (Fsp3) is 0.300. The van der Waals surface area contributed by atoms with Crippen molar-refractivity contribution in [1.82, 2.24) is 0 Å². The van der Waals surface area contributed by atoms with Gasteiger partial charge in [0.05, 0.1) is 0 Å². The van der Waals surface area contributed by atoms with Crippen LogP contribution in [0.15, 0.2) is 18.2 Å². The number of rotatable bonds is 4. The smallest absolute Gasteiger partial charge is 0.272 e. The van der Waals surface area contributed by atoms with Crippen molar-refractivity contribution in [2.45, 2.75) is 13.3 Å². The number of carbonyl (C=O) groups is 1. The van der Waals surface area contributed by atoms with Gasteiger partial charge in [-0.1, -0.05) is 6.07 Å². The van der Waals surface area contributed by atoms with E-state index in [1.165, 1.54) is 12.1 Å². The predicted octanol–water partition coefficient (Wildman–Crippen LogP) is 1.74. The maximum absolute atomic E-state index is 11.9. The van der Waals surface area contributed by atoms with Crippen LogP contribution >= 0.6 is 0 Å².